The molecule has 0 amide bonds. The highest BCUT2D eigenvalue weighted by atomic mass is 14.2. The lowest BCUT2D eigenvalue weighted by atomic mass is 9.84. The maximum atomic E-state index is 2.45. The second kappa shape index (κ2) is 3.73. The predicted octanol–water partition coefficient (Wildman–Crippen LogP) is 5.46. The highest BCUT2D eigenvalue weighted by Gasteiger charge is 2.16. The van der Waals surface area contributed by atoms with Crippen LogP contribution >= 0.6 is 0 Å². The SMILES string of the molecule is c1cc2ccc3cc4c(c5ccc(c1)c2c35)CCCC4. The second-order valence-electron chi connectivity index (χ2n) is 6.08. The number of benzene rings is 4. The predicted molar refractivity (Wildman–Crippen MR) is 86.8 cm³/mol. The van der Waals surface area contributed by atoms with Gasteiger partial charge in [0.2, 0.25) is 0 Å². The number of hydrogen-bond donors (Lipinski definition) is 0. The van der Waals surface area contributed by atoms with Crippen LogP contribution in [0.3, 0.4) is 0 Å². The van der Waals surface area contributed by atoms with Crippen molar-refractivity contribution in [1.29, 1.82) is 0 Å². The average Bonchev–Trinajstić information content (AvgIpc) is 2.52. The van der Waals surface area contributed by atoms with Crippen molar-refractivity contribution in [3.63, 3.8) is 0 Å². The van der Waals surface area contributed by atoms with E-state index in [2.05, 4.69) is 48.5 Å². The van der Waals surface area contributed by atoms with Crippen molar-refractivity contribution < 1.29 is 0 Å². The average molecular weight is 256 g/mol. The van der Waals surface area contributed by atoms with Crippen LogP contribution in [0.25, 0.3) is 32.3 Å². The third-order valence-corrected chi connectivity index (χ3v) is 4.97. The minimum absolute atomic E-state index is 1.25. The summed E-state index contributed by atoms with van der Waals surface area (Å²) in [6.07, 6.45) is 5.20. The van der Waals surface area contributed by atoms with Gasteiger partial charge in [-0.1, -0.05) is 48.5 Å². The minimum Gasteiger partial charge on any atom is -0.0610 e. The van der Waals surface area contributed by atoms with E-state index in [1.54, 1.807) is 11.1 Å². The van der Waals surface area contributed by atoms with Gasteiger partial charge < -0.3 is 0 Å². The summed E-state index contributed by atoms with van der Waals surface area (Å²) in [7, 11) is 0. The van der Waals surface area contributed by atoms with E-state index >= 15 is 0 Å². The van der Waals surface area contributed by atoms with E-state index < -0.39 is 0 Å². The molecule has 0 heteroatoms. The van der Waals surface area contributed by atoms with Gasteiger partial charge in [0.15, 0.2) is 0 Å². The summed E-state index contributed by atoms with van der Waals surface area (Å²) in [6.45, 7) is 0. The molecule has 5 rings (SSSR count). The van der Waals surface area contributed by atoms with Crippen LogP contribution in [-0.2, 0) is 12.8 Å². The molecule has 0 unspecified atom stereocenters. The topological polar surface area (TPSA) is 0 Å². The van der Waals surface area contributed by atoms with Gasteiger partial charge in [-0.3, -0.25) is 0 Å². The van der Waals surface area contributed by atoms with Crippen LogP contribution in [-0.4, -0.2) is 0 Å². The summed E-state index contributed by atoms with van der Waals surface area (Å²) in [4.78, 5) is 0. The molecule has 0 aliphatic heterocycles. The molecule has 20 heavy (non-hydrogen) atoms. The molecule has 0 radical (unpaired) electrons. The molecule has 0 fully saturated rings. The van der Waals surface area contributed by atoms with Crippen molar-refractivity contribution in [2.24, 2.45) is 0 Å². The van der Waals surface area contributed by atoms with E-state index in [0.29, 0.717) is 0 Å². The largest absolute Gasteiger partial charge is 0.0610 e. The Bertz CT molecular complexity index is 931. The summed E-state index contributed by atoms with van der Waals surface area (Å²) in [5.74, 6) is 0. The van der Waals surface area contributed by atoms with Crippen LogP contribution in [0, 0.1) is 0 Å². The lowest BCUT2D eigenvalue weighted by Gasteiger charge is -2.21. The Hall–Kier alpha value is -2.08. The summed E-state index contributed by atoms with van der Waals surface area (Å²) < 4.78 is 0. The van der Waals surface area contributed by atoms with Crippen molar-refractivity contribution >= 4 is 32.3 Å². The van der Waals surface area contributed by atoms with Gasteiger partial charge in [0.25, 0.3) is 0 Å². The van der Waals surface area contributed by atoms with Crippen molar-refractivity contribution in [1.82, 2.24) is 0 Å². The molecule has 96 valence electrons. The van der Waals surface area contributed by atoms with Crippen LogP contribution in [0.2, 0.25) is 0 Å². The maximum Gasteiger partial charge on any atom is -0.00238 e. The first-order chi connectivity index (χ1) is 9.92. The van der Waals surface area contributed by atoms with Gasteiger partial charge in [-0.2, -0.15) is 0 Å². The molecule has 1 aliphatic carbocycles. The number of aryl methyl sites for hydroxylation is 2. The molecule has 0 nitrogen and oxygen atoms in total. The number of fused-ring (bicyclic) bond motifs is 2. The molecule has 0 saturated heterocycles. The molecule has 0 spiro atoms. The summed E-state index contributed by atoms with van der Waals surface area (Å²) in [5, 5.41) is 8.61. The van der Waals surface area contributed by atoms with E-state index in [4.69, 9.17) is 0 Å². The van der Waals surface area contributed by atoms with E-state index in [-0.39, 0.29) is 0 Å². The molecule has 0 heterocycles. The van der Waals surface area contributed by atoms with E-state index in [9.17, 15) is 0 Å². The molecule has 0 bridgehead atoms. The Labute approximate surface area is 118 Å². The zero-order chi connectivity index (χ0) is 13.1. The van der Waals surface area contributed by atoms with Gasteiger partial charge >= 0.3 is 0 Å². The third kappa shape index (κ3) is 1.27. The Morgan fingerprint density at radius 3 is 2.30 bits per heavy atom. The summed E-state index contributed by atoms with van der Waals surface area (Å²) >= 11 is 0. The monoisotopic (exact) mass is 256 g/mol. The Morgan fingerprint density at radius 1 is 0.650 bits per heavy atom. The number of hydrogen-bond acceptors (Lipinski definition) is 0. The van der Waals surface area contributed by atoms with Gasteiger partial charge in [-0.15, -0.1) is 0 Å². The van der Waals surface area contributed by atoms with Gasteiger partial charge in [-0.05, 0) is 69.1 Å². The van der Waals surface area contributed by atoms with Gasteiger partial charge in [0, 0.05) is 0 Å². The first-order valence-electron chi connectivity index (χ1n) is 7.60. The van der Waals surface area contributed by atoms with Crippen molar-refractivity contribution in [2.75, 3.05) is 0 Å². The fourth-order valence-electron chi connectivity index (χ4n) is 4.06. The molecule has 4 aromatic carbocycles. The third-order valence-electron chi connectivity index (χ3n) is 4.97. The van der Waals surface area contributed by atoms with Gasteiger partial charge in [0.1, 0.15) is 0 Å². The first-order valence-corrected chi connectivity index (χ1v) is 7.60. The molecular weight excluding hydrogens is 240 g/mol. The van der Waals surface area contributed by atoms with E-state index in [0.717, 1.165) is 0 Å². The molecule has 4 aromatic rings. The molecule has 0 atom stereocenters. The van der Waals surface area contributed by atoms with Crippen molar-refractivity contribution in [2.45, 2.75) is 25.7 Å². The fraction of sp³-hybridized carbons (Fsp3) is 0.200. The van der Waals surface area contributed by atoms with Crippen LogP contribution in [0.1, 0.15) is 24.0 Å². The zero-order valence-corrected chi connectivity index (χ0v) is 11.4. The van der Waals surface area contributed by atoms with Gasteiger partial charge in [-0.25, -0.2) is 0 Å². The quantitative estimate of drug-likeness (QED) is 0.366. The van der Waals surface area contributed by atoms with Crippen LogP contribution in [0.4, 0.5) is 0 Å². The molecule has 0 aromatic heterocycles. The Morgan fingerprint density at radius 2 is 1.40 bits per heavy atom. The lowest BCUT2D eigenvalue weighted by molar-refractivity contribution is 0.691. The van der Waals surface area contributed by atoms with Crippen molar-refractivity contribution in [3.8, 4) is 0 Å². The molecule has 1 aliphatic rings. The van der Waals surface area contributed by atoms with E-state index in [1.165, 1.54) is 58.0 Å². The standard InChI is InChI=1S/C20H16/c1-2-7-17-15(4-1)12-16-9-8-13-5-3-6-14-10-11-18(17)20(16)19(13)14/h3,5-6,8-12H,1-2,4,7H2. The Kier molecular flexibility index (Phi) is 1.99. The lowest BCUT2D eigenvalue weighted by Crippen LogP contribution is -2.03. The van der Waals surface area contributed by atoms with Gasteiger partial charge in [0.05, 0.1) is 0 Å². The summed E-state index contributed by atoms with van der Waals surface area (Å²) in [6, 6.07) is 18.3. The van der Waals surface area contributed by atoms with E-state index in [1.807, 2.05) is 0 Å². The highest BCUT2D eigenvalue weighted by molar-refractivity contribution is 6.23. The smallest absolute Gasteiger partial charge is 0.00238 e. The molecular formula is C20H16. The molecule has 0 N–H and O–H groups in total. The Balaban J connectivity index is 2.10. The van der Waals surface area contributed by atoms with Crippen LogP contribution in [0.5, 0.6) is 0 Å². The molecule has 0 saturated carbocycles. The fourth-order valence-corrected chi connectivity index (χ4v) is 4.06. The zero-order valence-electron chi connectivity index (χ0n) is 11.4. The second-order valence-corrected chi connectivity index (χ2v) is 6.08. The van der Waals surface area contributed by atoms with Crippen molar-refractivity contribution in [3.05, 3.63) is 59.7 Å². The normalized spacial score (nSPS) is 15.2. The van der Waals surface area contributed by atoms with Crippen LogP contribution in [0.15, 0.2) is 48.5 Å². The minimum atomic E-state index is 1.25. The first kappa shape index (κ1) is 10.7. The summed E-state index contributed by atoms with van der Waals surface area (Å²) in [5.41, 5.74) is 3.20. The number of rotatable bonds is 0. The maximum absolute atomic E-state index is 2.45. The van der Waals surface area contributed by atoms with Crippen LogP contribution < -0.4 is 0 Å². The highest BCUT2D eigenvalue weighted by Crippen LogP contribution is 2.39.